The zero-order chi connectivity index (χ0) is 20.6. The third-order valence-corrected chi connectivity index (χ3v) is 7.29. The van der Waals surface area contributed by atoms with Crippen LogP contribution in [0.4, 0.5) is 0 Å². The Morgan fingerprint density at radius 3 is 2.48 bits per heavy atom. The molecular formula is C21H22BrN3O3S. The third kappa shape index (κ3) is 4.09. The number of carbonyl (C=O) groups is 1. The number of sulfonamides is 1. The molecule has 3 aromatic rings. The minimum atomic E-state index is -3.94. The maximum Gasteiger partial charge on any atom is 0.265 e. The van der Waals surface area contributed by atoms with E-state index in [0.717, 1.165) is 28.7 Å². The largest absolute Gasteiger partial charge is 0.325 e. The highest BCUT2D eigenvalue weighted by molar-refractivity contribution is 9.10. The maximum absolute atomic E-state index is 12.6. The van der Waals surface area contributed by atoms with E-state index in [-0.39, 0.29) is 10.5 Å². The van der Waals surface area contributed by atoms with E-state index >= 15 is 0 Å². The van der Waals surface area contributed by atoms with Gasteiger partial charge in [0.15, 0.2) is 0 Å². The third-order valence-electron chi connectivity index (χ3n) is 5.42. The summed E-state index contributed by atoms with van der Waals surface area (Å²) in [7, 11) is -3.94. The van der Waals surface area contributed by atoms with Crippen LogP contribution in [0.5, 0.6) is 0 Å². The van der Waals surface area contributed by atoms with E-state index in [2.05, 4.69) is 30.2 Å². The number of hydrogen-bond donors (Lipinski definition) is 1. The van der Waals surface area contributed by atoms with Gasteiger partial charge in [-0.3, -0.25) is 4.79 Å². The van der Waals surface area contributed by atoms with Gasteiger partial charge in [0, 0.05) is 16.1 Å². The SMILES string of the molecule is Cc1nc2cc(C(=O)NS(=O)(=O)c3ccc(Br)cc3)ccc2n1C1CCCCC1. The molecule has 1 N–H and O–H groups in total. The van der Waals surface area contributed by atoms with Gasteiger partial charge in [-0.15, -0.1) is 0 Å². The van der Waals surface area contributed by atoms with E-state index in [1.165, 1.54) is 31.4 Å². The Balaban J connectivity index is 1.61. The molecule has 1 saturated carbocycles. The first-order valence-corrected chi connectivity index (χ1v) is 11.9. The van der Waals surface area contributed by atoms with Crippen molar-refractivity contribution < 1.29 is 13.2 Å². The molecule has 1 heterocycles. The van der Waals surface area contributed by atoms with Crippen molar-refractivity contribution in [2.24, 2.45) is 0 Å². The van der Waals surface area contributed by atoms with Crippen molar-refractivity contribution in [1.29, 1.82) is 0 Å². The van der Waals surface area contributed by atoms with Crippen molar-refractivity contribution in [3.05, 3.63) is 58.3 Å². The Kier molecular flexibility index (Phi) is 5.48. The van der Waals surface area contributed by atoms with Crippen molar-refractivity contribution in [2.75, 3.05) is 0 Å². The predicted octanol–water partition coefficient (Wildman–Crippen LogP) is 4.73. The quantitative estimate of drug-likeness (QED) is 0.591. The minimum absolute atomic E-state index is 0.0348. The van der Waals surface area contributed by atoms with Gasteiger partial charge in [-0.2, -0.15) is 0 Å². The normalized spacial score (nSPS) is 15.5. The average Bonchev–Trinajstić information content (AvgIpc) is 3.03. The number of amides is 1. The van der Waals surface area contributed by atoms with Crippen LogP contribution in [0.25, 0.3) is 11.0 Å². The van der Waals surface area contributed by atoms with Gasteiger partial charge in [0.05, 0.1) is 15.9 Å². The Labute approximate surface area is 178 Å². The number of imidazole rings is 1. The second-order valence-electron chi connectivity index (χ2n) is 7.41. The highest BCUT2D eigenvalue weighted by Gasteiger charge is 2.22. The van der Waals surface area contributed by atoms with Crippen molar-refractivity contribution in [3.63, 3.8) is 0 Å². The number of hydrogen-bond acceptors (Lipinski definition) is 4. The monoisotopic (exact) mass is 475 g/mol. The maximum atomic E-state index is 12.6. The fraction of sp³-hybridized carbons (Fsp3) is 0.333. The van der Waals surface area contributed by atoms with Gasteiger partial charge in [0.1, 0.15) is 5.82 Å². The Morgan fingerprint density at radius 1 is 1.10 bits per heavy atom. The number of benzene rings is 2. The second-order valence-corrected chi connectivity index (χ2v) is 10.0. The molecule has 1 aliphatic rings. The van der Waals surface area contributed by atoms with Gasteiger partial charge in [0.25, 0.3) is 15.9 Å². The van der Waals surface area contributed by atoms with Crippen LogP contribution in [0.2, 0.25) is 0 Å². The van der Waals surface area contributed by atoms with Gasteiger partial charge in [-0.25, -0.2) is 18.1 Å². The Bertz CT molecular complexity index is 1160. The molecule has 0 bridgehead atoms. The molecule has 0 spiro atoms. The smallest absolute Gasteiger partial charge is 0.265 e. The molecule has 0 aliphatic heterocycles. The lowest BCUT2D eigenvalue weighted by molar-refractivity contribution is 0.0981. The fourth-order valence-corrected chi connectivity index (χ4v) is 5.25. The standard InChI is InChI=1S/C21H22BrN3O3S/c1-14-23-19-13-15(7-12-20(19)25(14)17-5-3-2-4-6-17)21(26)24-29(27,28)18-10-8-16(22)9-11-18/h7-13,17H,2-6H2,1H3,(H,24,26). The van der Waals surface area contributed by atoms with Gasteiger partial charge < -0.3 is 4.57 Å². The summed E-state index contributed by atoms with van der Waals surface area (Å²) in [5.41, 5.74) is 1.97. The molecule has 0 atom stereocenters. The molecule has 6 nitrogen and oxygen atoms in total. The molecule has 4 rings (SSSR count). The topological polar surface area (TPSA) is 81.1 Å². The van der Waals surface area contributed by atoms with Crippen LogP contribution in [0.15, 0.2) is 51.8 Å². The van der Waals surface area contributed by atoms with Crippen LogP contribution in [0.1, 0.15) is 54.3 Å². The molecular weight excluding hydrogens is 454 g/mol. The van der Waals surface area contributed by atoms with Gasteiger partial charge >= 0.3 is 0 Å². The van der Waals surface area contributed by atoms with Gasteiger partial charge in [0.2, 0.25) is 0 Å². The van der Waals surface area contributed by atoms with Crippen molar-refractivity contribution in [3.8, 4) is 0 Å². The number of nitrogens with one attached hydrogen (secondary N) is 1. The highest BCUT2D eigenvalue weighted by Crippen LogP contribution is 2.32. The summed E-state index contributed by atoms with van der Waals surface area (Å²) >= 11 is 3.27. The fourth-order valence-electron chi connectivity index (χ4n) is 4.01. The van der Waals surface area contributed by atoms with Gasteiger partial charge in [-0.1, -0.05) is 35.2 Å². The molecule has 29 heavy (non-hydrogen) atoms. The zero-order valence-electron chi connectivity index (χ0n) is 16.1. The molecule has 0 radical (unpaired) electrons. The number of halogens is 1. The number of aromatic nitrogens is 2. The van der Waals surface area contributed by atoms with E-state index in [1.807, 2.05) is 13.0 Å². The molecule has 1 fully saturated rings. The lowest BCUT2D eigenvalue weighted by atomic mass is 9.95. The predicted molar refractivity (Wildman–Crippen MR) is 115 cm³/mol. The number of aryl methyl sites for hydroxylation is 1. The number of nitrogens with zero attached hydrogens (tertiary/aromatic N) is 2. The van der Waals surface area contributed by atoms with E-state index in [9.17, 15) is 13.2 Å². The highest BCUT2D eigenvalue weighted by atomic mass is 79.9. The summed E-state index contributed by atoms with van der Waals surface area (Å²) in [4.78, 5) is 17.3. The summed E-state index contributed by atoms with van der Waals surface area (Å²) < 4.78 is 30.1. The van der Waals surface area contributed by atoms with Crippen molar-refractivity contribution >= 4 is 42.9 Å². The molecule has 8 heteroatoms. The van der Waals surface area contributed by atoms with E-state index < -0.39 is 15.9 Å². The Morgan fingerprint density at radius 2 is 1.79 bits per heavy atom. The molecule has 1 aliphatic carbocycles. The van der Waals surface area contributed by atoms with E-state index in [4.69, 9.17) is 0 Å². The zero-order valence-corrected chi connectivity index (χ0v) is 18.5. The molecule has 0 unspecified atom stereocenters. The lowest BCUT2D eigenvalue weighted by Crippen LogP contribution is -2.30. The van der Waals surface area contributed by atoms with Crippen LogP contribution in [-0.2, 0) is 10.0 Å². The van der Waals surface area contributed by atoms with Crippen molar-refractivity contribution in [1.82, 2.24) is 14.3 Å². The van der Waals surface area contributed by atoms with Crippen LogP contribution in [0.3, 0.4) is 0 Å². The van der Waals surface area contributed by atoms with Crippen LogP contribution >= 0.6 is 15.9 Å². The minimum Gasteiger partial charge on any atom is -0.325 e. The first kappa shape index (κ1) is 20.1. The number of carbonyl (C=O) groups excluding carboxylic acids is 1. The second kappa shape index (κ2) is 7.91. The molecule has 152 valence electrons. The summed E-state index contributed by atoms with van der Waals surface area (Å²) in [5.74, 6) is 0.256. The summed E-state index contributed by atoms with van der Waals surface area (Å²) in [5, 5.41) is 0. The van der Waals surface area contributed by atoms with Gasteiger partial charge in [-0.05, 0) is 62.2 Å². The van der Waals surface area contributed by atoms with Crippen LogP contribution < -0.4 is 4.72 Å². The van der Waals surface area contributed by atoms with E-state index in [1.54, 1.807) is 24.3 Å². The summed E-state index contributed by atoms with van der Waals surface area (Å²) in [6.45, 7) is 1.98. The molecule has 2 aromatic carbocycles. The molecule has 1 amide bonds. The number of fused-ring (bicyclic) bond motifs is 1. The lowest BCUT2D eigenvalue weighted by Gasteiger charge is -2.25. The van der Waals surface area contributed by atoms with Crippen LogP contribution in [0, 0.1) is 6.92 Å². The first-order chi connectivity index (χ1) is 13.8. The van der Waals surface area contributed by atoms with Crippen molar-refractivity contribution in [2.45, 2.75) is 50.0 Å². The molecule has 1 aromatic heterocycles. The van der Waals surface area contributed by atoms with E-state index in [0.29, 0.717) is 11.6 Å². The number of rotatable bonds is 4. The summed E-state index contributed by atoms with van der Waals surface area (Å²) in [6.07, 6.45) is 6.00. The van der Waals surface area contributed by atoms with Crippen LogP contribution in [-0.4, -0.2) is 23.9 Å². The first-order valence-electron chi connectivity index (χ1n) is 9.66. The summed E-state index contributed by atoms with van der Waals surface area (Å²) in [6, 6.07) is 11.7. The average molecular weight is 476 g/mol. The molecule has 0 saturated heterocycles. The Hall–Kier alpha value is -2.19.